The topological polar surface area (TPSA) is 58.6 Å². The van der Waals surface area contributed by atoms with Crippen molar-refractivity contribution >= 4 is 28.2 Å². The molecular formula is C22H28N2O3S. The van der Waals surface area contributed by atoms with Crippen LogP contribution < -0.4 is 5.32 Å². The van der Waals surface area contributed by atoms with Crippen molar-refractivity contribution in [3.8, 4) is 0 Å². The van der Waals surface area contributed by atoms with Gasteiger partial charge in [0.1, 0.15) is 5.00 Å². The van der Waals surface area contributed by atoms with Gasteiger partial charge >= 0.3 is 5.97 Å². The number of amides is 1. The van der Waals surface area contributed by atoms with Crippen LogP contribution in [0.1, 0.15) is 46.1 Å². The van der Waals surface area contributed by atoms with E-state index in [0.717, 1.165) is 36.5 Å². The highest BCUT2D eigenvalue weighted by Crippen LogP contribution is 2.34. The van der Waals surface area contributed by atoms with Crippen LogP contribution in [0.4, 0.5) is 5.00 Å². The van der Waals surface area contributed by atoms with Crippen LogP contribution >= 0.6 is 11.3 Å². The van der Waals surface area contributed by atoms with Gasteiger partial charge in [0.2, 0.25) is 0 Å². The number of benzene rings is 1. The molecule has 2 heterocycles. The zero-order valence-corrected chi connectivity index (χ0v) is 17.6. The summed E-state index contributed by atoms with van der Waals surface area (Å²) in [6.45, 7) is 8.85. The summed E-state index contributed by atoms with van der Waals surface area (Å²) >= 11 is 1.62. The first-order valence-electron chi connectivity index (χ1n) is 9.83. The zero-order chi connectivity index (χ0) is 20.1. The van der Waals surface area contributed by atoms with Gasteiger partial charge in [-0.3, -0.25) is 14.5 Å². The van der Waals surface area contributed by atoms with Crippen LogP contribution in [0.15, 0.2) is 30.3 Å². The number of nitrogens with zero attached hydrogens (tertiary/aromatic N) is 1. The Morgan fingerprint density at radius 2 is 2.00 bits per heavy atom. The van der Waals surface area contributed by atoms with Crippen molar-refractivity contribution in [1.29, 1.82) is 0 Å². The summed E-state index contributed by atoms with van der Waals surface area (Å²) in [6.07, 6.45) is 1.87. The Balaban J connectivity index is 1.73. The number of likely N-dealkylation sites (tertiary alicyclic amines) is 1. The number of ether oxygens (including phenoxy) is 1. The van der Waals surface area contributed by atoms with E-state index in [0.29, 0.717) is 18.7 Å². The quantitative estimate of drug-likeness (QED) is 0.731. The third-order valence-corrected chi connectivity index (χ3v) is 6.45. The largest absolute Gasteiger partial charge is 0.466 e. The number of carbonyl (C=O) groups is 2. The molecule has 3 rings (SSSR count). The van der Waals surface area contributed by atoms with Gasteiger partial charge in [-0.25, -0.2) is 0 Å². The second kappa shape index (κ2) is 9.34. The zero-order valence-electron chi connectivity index (χ0n) is 16.8. The first kappa shape index (κ1) is 20.6. The van der Waals surface area contributed by atoms with Crippen LogP contribution in [-0.2, 0) is 16.1 Å². The Hall–Kier alpha value is -2.18. The molecule has 1 N–H and O–H groups in total. The van der Waals surface area contributed by atoms with Gasteiger partial charge in [-0.1, -0.05) is 18.2 Å². The second-order valence-corrected chi connectivity index (χ2v) is 8.46. The summed E-state index contributed by atoms with van der Waals surface area (Å²) in [6, 6.07) is 9.26. The van der Waals surface area contributed by atoms with Gasteiger partial charge in [-0.15, -0.1) is 11.3 Å². The van der Waals surface area contributed by atoms with Crippen LogP contribution in [0.2, 0.25) is 0 Å². The number of thiophene rings is 1. The number of hydrogen-bond acceptors (Lipinski definition) is 5. The molecule has 1 fully saturated rings. The van der Waals surface area contributed by atoms with E-state index < -0.39 is 0 Å². The third-order valence-electron chi connectivity index (χ3n) is 5.28. The van der Waals surface area contributed by atoms with E-state index in [9.17, 15) is 9.59 Å². The predicted octanol–water partition coefficient (Wildman–Crippen LogP) is 4.39. The minimum atomic E-state index is -0.0944. The maximum Gasteiger partial charge on any atom is 0.310 e. The van der Waals surface area contributed by atoms with Crippen LogP contribution in [0.5, 0.6) is 0 Å². The maximum atomic E-state index is 12.6. The lowest BCUT2D eigenvalue weighted by Crippen LogP contribution is -2.39. The summed E-state index contributed by atoms with van der Waals surface area (Å²) in [5.41, 5.74) is 3.01. The van der Waals surface area contributed by atoms with Crippen molar-refractivity contribution < 1.29 is 14.3 Å². The lowest BCUT2D eigenvalue weighted by molar-refractivity contribution is -0.150. The minimum absolute atomic E-state index is 0.0592. The number of hydrogen-bond donors (Lipinski definition) is 1. The van der Waals surface area contributed by atoms with Gasteiger partial charge in [0.05, 0.1) is 12.5 Å². The summed E-state index contributed by atoms with van der Waals surface area (Å²) in [4.78, 5) is 28.3. The smallest absolute Gasteiger partial charge is 0.310 e. The Morgan fingerprint density at radius 3 is 2.71 bits per heavy atom. The Labute approximate surface area is 170 Å². The molecule has 1 aliphatic heterocycles. The van der Waals surface area contributed by atoms with E-state index in [2.05, 4.69) is 24.1 Å². The average molecular weight is 401 g/mol. The number of anilines is 1. The van der Waals surface area contributed by atoms with E-state index in [-0.39, 0.29) is 17.8 Å². The fourth-order valence-corrected chi connectivity index (χ4v) is 4.67. The van der Waals surface area contributed by atoms with E-state index >= 15 is 0 Å². The highest BCUT2D eigenvalue weighted by atomic mass is 32.1. The summed E-state index contributed by atoms with van der Waals surface area (Å²) < 4.78 is 5.21. The van der Waals surface area contributed by atoms with E-state index in [1.807, 2.05) is 37.3 Å². The van der Waals surface area contributed by atoms with Crippen molar-refractivity contribution in [3.05, 3.63) is 51.9 Å². The SMILES string of the molecule is CCOC(=O)[C@H]1CCCN(Cc2c(NC(=O)c3ccccc3)sc(C)c2C)C1. The number of piperidine rings is 1. The molecule has 1 saturated heterocycles. The number of rotatable bonds is 6. The summed E-state index contributed by atoms with van der Waals surface area (Å²) in [7, 11) is 0. The van der Waals surface area contributed by atoms with Gasteiger partial charge in [0.15, 0.2) is 0 Å². The van der Waals surface area contributed by atoms with Crippen LogP contribution in [0.3, 0.4) is 0 Å². The van der Waals surface area contributed by atoms with Crippen molar-refractivity contribution in [1.82, 2.24) is 4.90 Å². The molecule has 2 aromatic rings. The fraction of sp³-hybridized carbons (Fsp3) is 0.455. The van der Waals surface area contributed by atoms with Crippen LogP contribution in [0, 0.1) is 19.8 Å². The normalized spacial score (nSPS) is 17.3. The maximum absolute atomic E-state index is 12.6. The molecule has 0 unspecified atom stereocenters. The molecule has 5 nitrogen and oxygen atoms in total. The monoisotopic (exact) mass is 400 g/mol. The number of carbonyl (C=O) groups excluding carboxylic acids is 2. The van der Waals surface area contributed by atoms with Gasteiger partial charge < -0.3 is 10.1 Å². The number of nitrogens with one attached hydrogen (secondary N) is 1. The van der Waals surface area contributed by atoms with Gasteiger partial charge in [0.25, 0.3) is 5.91 Å². The van der Waals surface area contributed by atoms with Crippen molar-refractivity contribution in [2.75, 3.05) is 25.0 Å². The predicted molar refractivity (Wildman–Crippen MR) is 113 cm³/mol. The van der Waals surface area contributed by atoms with E-state index in [4.69, 9.17) is 4.74 Å². The first-order valence-corrected chi connectivity index (χ1v) is 10.7. The molecule has 1 aromatic heterocycles. The van der Waals surface area contributed by atoms with Crippen LogP contribution in [0.25, 0.3) is 0 Å². The molecule has 1 amide bonds. The number of esters is 1. The molecule has 150 valence electrons. The summed E-state index contributed by atoms with van der Waals surface area (Å²) in [5, 5.41) is 4.00. The Bertz CT molecular complexity index is 832. The molecule has 1 aliphatic rings. The second-order valence-electron chi connectivity index (χ2n) is 7.24. The van der Waals surface area contributed by atoms with Crippen molar-refractivity contribution in [2.24, 2.45) is 5.92 Å². The fourth-order valence-electron chi connectivity index (χ4n) is 3.61. The average Bonchev–Trinajstić information content (AvgIpc) is 2.96. The van der Waals surface area contributed by atoms with Crippen molar-refractivity contribution in [3.63, 3.8) is 0 Å². The molecule has 1 aromatic carbocycles. The molecule has 0 saturated carbocycles. The first-order chi connectivity index (χ1) is 13.5. The van der Waals surface area contributed by atoms with E-state index in [1.54, 1.807) is 11.3 Å². The lowest BCUT2D eigenvalue weighted by Gasteiger charge is -2.31. The lowest BCUT2D eigenvalue weighted by atomic mass is 9.97. The molecular weight excluding hydrogens is 372 g/mol. The number of aryl methyl sites for hydroxylation is 1. The molecule has 0 spiro atoms. The minimum Gasteiger partial charge on any atom is -0.466 e. The van der Waals surface area contributed by atoms with Crippen LogP contribution in [-0.4, -0.2) is 36.5 Å². The Kier molecular flexibility index (Phi) is 6.86. The molecule has 0 bridgehead atoms. The van der Waals surface area contributed by atoms with Gasteiger partial charge in [-0.2, -0.15) is 0 Å². The van der Waals surface area contributed by atoms with Gasteiger partial charge in [-0.05, 0) is 57.9 Å². The Morgan fingerprint density at radius 1 is 1.25 bits per heavy atom. The summed E-state index contributed by atoms with van der Waals surface area (Å²) in [5.74, 6) is -0.245. The molecule has 6 heteroatoms. The molecule has 0 radical (unpaired) electrons. The third kappa shape index (κ3) is 4.80. The highest BCUT2D eigenvalue weighted by Gasteiger charge is 2.28. The standard InChI is InChI=1S/C22H28N2O3S/c1-4-27-22(26)18-11-8-12-24(13-18)14-19-15(2)16(3)28-21(19)23-20(25)17-9-6-5-7-10-17/h5-7,9-10,18H,4,8,11-14H2,1-3H3,(H,23,25)/t18-/m0/s1. The molecule has 1 atom stereocenters. The van der Waals surface area contributed by atoms with Gasteiger partial charge in [0, 0.05) is 29.1 Å². The molecule has 0 aliphatic carbocycles. The van der Waals surface area contributed by atoms with E-state index in [1.165, 1.54) is 10.4 Å². The molecule has 28 heavy (non-hydrogen) atoms. The highest BCUT2D eigenvalue weighted by molar-refractivity contribution is 7.16. The van der Waals surface area contributed by atoms with Crippen molar-refractivity contribution in [2.45, 2.75) is 40.2 Å².